The van der Waals surface area contributed by atoms with Crippen LogP contribution < -0.4 is 10.6 Å². The van der Waals surface area contributed by atoms with Gasteiger partial charge in [-0.3, -0.25) is 4.98 Å². The standard InChI is InChI=1S/C20H18N4O/c1-12-3-5-14(6-4-12)22-20(25)23-15-7-8-18-17(11-15)16-9-10-21-13(2)19(16)24-18/h3-11,24H,1-2H3,(H2,22,23,25). The van der Waals surface area contributed by atoms with E-state index >= 15 is 0 Å². The molecule has 25 heavy (non-hydrogen) atoms. The van der Waals surface area contributed by atoms with Gasteiger partial charge in [0, 0.05) is 33.9 Å². The summed E-state index contributed by atoms with van der Waals surface area (Å²) in [4.78, 5) is 19.9. The fourth-order valence-corrected chi connectivity index (χ4v) is 2.97. The zero-order chi connectivity index (χ0) is 17.4. The first-order chi connectivity index (χ1) is 12.1. The lowest BCUT2D eigenvalue weighted by molar-refractivity contribution is 0.262. The van der Waals surface area contributed by atoms with Gasteiger partial charge in [0.15, 0.2) is 0 Å². The fourth-order valence-electron chi connectivity index (χ4n) is 2.97. The van der Waals surface area contributed by atoms with Crippen LogP contribution in [0.2, 0.25) is 0 Å². The van der Waals surface area contributed by atoms with E-state index in [1.165, 1.54) is 0 Å². The summed E-state index contributed by atoms with van der Waals surface area (Å²) < 4.78 is 0. The van der Waals surface area contributed by atoms with Crippen LogP contribution in [0, 0.1) is 13.8 Å². The first-order valence-corrected chi connectivity index (χ1v) is 8.12. The SMILES string of the molecule is Cc1ccc(NC(=O)Nc2ccc3[nH]c4c(C)nccc4c3c2)cc1. The van der Waals surface area contributed by atoms with E-state index in [0.717, 1.165) is 44.4 Å². The molecule has 2 aromatic carbocycles. The molecule has 5 heteroatoms. The fraction of sp³-hybridized carbons (Fsp3) is 0.100. The molecule has 4 rings (SSSR count). The predicted octanol–water partition coefficient (Wildman–Crippen LogP) is 4.98. The van der Waals surface area contributed by atoms with Gasteiger partial charge in [0.25, 0.3) is 0 Å². The molecular weight excluding hydrogens is 312 g/mol. The zero-order valence-corrected chi connectivity index (χ0v) is 14.1. The number of carbonyl (C=O) groups is 1. The summed E-state index contributed by atoms with van der Waals surface area (Å²) >= 11 is 0. The van der Waals surface area contributed by atoms with E-state index < -0.39 is 0 Å². The quantitative estimate of drug-likeness (QED) is 0.485. The number of aromatic amines is 1. The summed E-state index contributed by atoms with van der Waals surface area (Å²) in [5.74, 6) is 0. The molecule has 0 bridgehead atoms. The lowest BCUT2D eigenvalue weighted by atomic mass is 10.1. The zero-order valence-electron chi connectivity index (χ0n) is 14.1. The van der Waals surface area contributed by atoms with Crippen LogP contribution in [0.15, 0.2) is 54.7 Å². The second-order valence-electron chi connectivity index (χ2n) is 6.15. The van der Waals surface area contributed by atoms with Gasteiger partial charge in [-0.1, -0.05) is 17.7 Å². The smallest absolute Gasteiger partial charge is 0.323 e. The molecule has 4 aromatic rings. The number of fused-ring (bicyclic) bond motifs is 3. The van der Waals surface area contributed by atoms with Crippen molar-refractivity contribution in [2.75, 3.05) is 10.6 Å². The van der Waals surface area contributed by atoms with Gasteiger partial charge in [-0.15, -0.1) is 0 Å². The summed E-state index contributed by atoms with van der Waals surface area (Å²) in [5, 5.41) is 7.89. The Labute approximate surface area is 145 Å². The number of hydrogen-bond donors (Lipinski definition) is 3. The van der Waals surface area contributed by atoms with Crippen LogP contribution in [0.25, 0.3) is 21.8 Å². The molecule has 2 amide bonds. The molecule has 0 aliphatic heterocycles. The number of aromatic nitrogens is 2. The van der Waals surface area contributed by atoms with Crippen LogP contribution in [-0.2, 0) is 0 Å². The number of hydrogen-bond acceptors (Lipinski definition) is 2. The molecule has 0 radical (unpaired) electrons. The maximum atomic E-state index is 12.2. The van der Waals surface area contributed by atoms with E-state index in [1.54, 1.807) is 6.20 Å². The summed E-state index contributed by atoms with van der Waals surface area (Å²) in [7, 11) is 0. The molecule has 0 saturated carbocycles. The molecule has 0 atom stereocenters. The van der Waals surface area contributed by atoms with Crippen LogP contribution in [0.1, 0.15) is 11.3 Å². The maximum Gasteiger partial charge on any atom is 0.323 e. The number of aryl methyl sites for hydroxylation is 2. The highest BCUT2D eigenvalue weighted by molar-refractivity contribution is 6.10. The number of amides is 2. The Morgan fingerprint density at radius 1 is 0.920 bits per heavy atom. The summed E-state index contributed by atoms with van der Waals surface area (Å²) in [6.45, 7) is 3.99. The van der Waals surface area contributed by atoms with Gasteiger partial charge in [0.1, 0.15) is 0 Å². The minimum Gasteiger partial charge on any atom is -0.353 e. The molecule has 3 N–H and O–H groups in total. The summed E-state index contributed by atoms with van der Waals surface area (Å²) in [6.07, 6.45) is 1.80. The first-order valence-electron chi connectivity index (χ1n) is 8.12. The average Bonchev–Trinajstić information content (AvgIpc) is 2.97. The van der Waals surface area contributed by atoms with Crippen LogP contribution in [-0.4, -0.2) is 16.0 Å². The number of pyridine rings is 1. The van der Waals surface area contributed by atoms with Gasteiger partial charge in [0.2, 0.25) is 0 Å². The highest BCUT2D eigenvalue weighted by Crippen LogP contribution is 2.28. The largest absolute Gasteiger partial charge is 0.353 e. The van der Waals surface area contributed by atoms with Crippen molar-refractivity contribution >= 4 is 39.2 Å². The molecule has 124 valence electrons. The predicted molar refractivity (Wildman–Crippen MR) is 102 cm³/mol. The Hall–Kier alpha value is -3.34. The van der Waals surface area contributed by atoms with Crippen LogP contribution in [0.3, 0.4) is 0 Å². The van der Waals surface area contributed by atoms with Gasteiger partial charge in [-0.2, -0.15) is 0 Å². The number of benzene rings is 2. The molecule has 0 saturated heterocycles. The molecule has 0 spiro atoms. The third-order valence-corrected chi connectivity index (χ3v) is 4.28. The van der Waals surface area contributed by atoms with Crippen molar-refractivity contribution in [3.05, 3.63) is 66.0 Å². The molecular formula is C20H18N4O. The van der Waals surface area contributed by atoms with Crippen molar-refractivity contribution in [2.24, 2.45) is 0 Å². The van der Waals surface area contributed by atoms with E-state index in [4.69, 9.17) is 0 Å². The van der Waals surface area contributed by atoms with E-state index in [-0.39, 0.29) is 6.03 Å². The summed E-state index contributed by atoms with van der Waals surface area (Å²) in [6, 6.07) is 15.2. The number of urea groups is 1. The Bertz CT molecular complexity index is 1080. The molecule has 0 unspecified atom stereocenters. The Balaban J connectivity index is 1.61. The lowest BCUT2D eigenvalue weighted by Crippen LogP contribution is -2.19. The van der Waals surface area contributed by atoms with E-state index in [2.05, 4.69) is 20.6 Å². The maximum absolute atomic E-state index is 12.2. The van der Waals surface area contributed by atoms with Crippen molar-refractivity contribution in [2.45, 2.75) is 13.8 Å². The molecule has 0 aliphatic rings. The number of H-pyrrole nitrogens is 1. The van der Waals surface area contributed by atoms with Gasteiger partial charge < -0.3 is 15.6 Å². The van der Waals surface area contributed by atoms with E-state index in [9.17, 15) is 4.79 Å². The number of nitrogens with zero attached hydrogens (tertiary/aromatic N) is 1. The van der Waals surface area contributed by atoms with Crippen molar-refractivity contribution in [3.8, 4) is 0 Å². The van der Waals surface area contributed by atoms with E-state index in [1.807, 2.05) is 62.4 Å². The second kappa shape index (κ2) is 5.94. The van der Waals surface area contributed by atoms with Crippen molar-refractivity contribution in [3.63, 3.8) is 0 Å². The number of rotatable bonds is 2. The van der Waals surface area contributed by atoms with Crippen LogP contribution >= 0.6 is 0 Å². The van der Waals surface area contributed by atoms with Crippen molar-refractivity contribution < 1.29 is 4.79 Å². The highest BCUT2D eigenvalue weighted by atomic mass is 16.2. The molecule has 2 aromatic heterocycles. The van der Waals surface area contributed by atoms with Crippen LogP contribution in [0.5, 0.6) is 0 Å². The Kier molecular flexibility index (Phi) is 3.61. The topological polar surface area (TPSA) is 69.8 Å². The molecule has 5 nitrogen and oxygen atoms in total. The molecule has 2 heterocycles. The monoisotopic (exact) mass is 330 g/mol. The van der Waals surface area contributed by atoms with E-state index in [0.29, 0.717) is 0 Å². The minimum absolute atomic E-state index is 0.263. The average molecular weight is 330 g/mol. The third-order valence-electron chi connectivity index (χ3n) is 4.28. The van der Waals surface area contributed by atoms with Crippen molar-refractivity contribution in [1.29, 1.82) is 0 Å². The third kappa shape index (κ3) is 2.92. The van der Waals surface area contributed by atoms with Gasteiger partial charge in [-0.05, 0) is 50.2 Å². The second-order valence-corrected chi connectivity index (χ2v) is 6.15. The molecule has 0 aliphatic carbocycles. The number of anilines is 2. The minimum atomic E-state index is -0.263. The Morgan fingerprint density at radius 2 is 1.64 bits per heavy atom. The van der Waals surface area contributed by atoms with Gasteiger partial charge in [-0.25, -0.2) is 4.79 Å². The van der Waals surface area contributed by atoms with Gasteiger partial charge >= 0.3 is 6.03 Å². The van der Waals surface area contributed by atoms with Crippen LogP contribution in [0.4, 0.5) is 16.2 Å². The normalized spacial score (nSPS) is 11.0. The first kappa shape index (κ1) is 15.2. The Morgan fingerprint density at radius 3 is 2.44 bits per heavy atom. The number of carbonyl (C=O) groups excluding carboxylic acids is 1. The highest BCUT2D eigenvalue weighted by Gasteiger charge is 2.09. The summed E-state index contributed by atoms with van der Waals surface area (Å²) in [5.41, 5.74) is 5.67. The molecule has 0 fully saturated rings. The van der Waals surface area contributed by atoms with Crippen molar-refractivity contribution in [1.82, 2.24) is 9.97 Å². The lowest BCUT2D eigenvalue weighted by Gasteiger charge is -2.08. The van der Waals surface area contributed by atoms with Gasteiger partial charge in [0.05, 0.1) is 11.2 Å². The number of nitrogens with one attached hydrogen (secondary N) is 3.